The van der Waals surface area contributed by atoms with E-state index in [1.54, 1.807) is 0 Å². The fourth-order valence-corrected chi connectivity index (χ4v) is 4.10. The Balaban J connectivity index is 1.53. The second-order valence-corrected chi connectivity index (χ2v) is 7.17. The van der Waals surface area contributed by atoms with E-state index < -0.39 is 0 Å². The number of hydrogen-bond donors (Lipinski definition) is 2. The zero-order valence-corrected chi connectivity index (χ0v) is 13.3. The molecule has 1 amide bonds. The van der Waals surface area contributed by atoms with Gasteiger partial charge in [0.1, 0.15) is 0 Å². The molecule has 0 aromatic carbocycles. The first-order valence-corrected chi connectivity index (χ1v) is 8.61. The predicted molar refractivity (Wildman–Crippen MR) is 84.0 cm³/mol. The molecular weight excluding hydrogens is 264 g/mol. The highest BCUT2D eigenvalue weighted by Crippen LogP contribution is 2.30. The summed E-state index contributed by atoms with van der Waals surface area (Å²) in [5, 5.41) is 3.09. The van der Waals surface area contributed by atoms with E-state index in [-0.39, 0.29) is 11.9 Å². The van der Waals surface area contributed by atoms with Crippen molar-refractivity contribution in [2.75, 3.05) is 33.2 Å². The van der Waals surface area contributed by atoms with Crippen LogP contribution in [0, 0.1) is 5.92 Å². The molecule has 2 saturated heterocycles. The van der Waals surface area contributed by atoms with Crippen LogP contribution in [0.5, 0.6) is 0 Å². The summed E-state index contributed by atoms with van der Waals surface area (Å²) in [4.78, 5) is 17.0. The number of nitrogens with zero attached hydrogens (tertiary/aromatic N) is 2. The largest absolute Gasteiger partial charge is 0.353 e. The number of rotatable bonds is 5. The summed E-state index contributed by atoms with van der Waals surface area (Å²) in [5.41, 5.74) is 5.96. The van der Waals surface area contributed by atoms with Gasteiger partial charge in [-0.1, -0.05) is 0 Å². The number of carbonyl (C=O) groups excluding carboxylic acids is 1. The molecule has 1 aliphatic carbocycles. The molecule has 0 radical (unpaired) electrons. The minimum atomic E-state index is 0.191. The lowest BCUT2D eigenvalue weighted by atomic mass is 9.83. The summed E-state index contributed by atoms with van der Waals surface area (Å²) in [6, 6.07) is 1.42. The molecule has 2 aliphatic heterocycles. The zero-order valence-electron chi connectivity index (χ0n) is 13.3. The Kier molecular flexibility index (Phi) is 4.82. The Hall–Kier alpha value is -0.650. The maximum absolute atomic E-state index is 12.0. The van der Waals surface area contributed by atoms with Gasteiger partial charge in [0.15, 0.2) is 0 Å². The predicted octanol–water partition coefficient (Wildman–Crippen LogP) is 0.399. The zero-order chi connectivity index (χ0) is 14.8. The molecule has 3 atom stereocenters. The highest BCUT2D eigenvalue weighted by molar-refractivity contribution is 5.77. The Bertz CT molecular complexity index is 371. The van der Waals surface area contributed by atoms with Crippen molar-refractivity contribution in [3.8, 4) is 0 Å². The molecule has 5 nitrogen and oxygen atoms in total. The van der Waals surface area contributed by atoms with Crippen LogP contribution in [0.1, 0.15) is 38.5 Å². The van der Waals surface area contributed by atoms with Crippen LogP contribution in [0.4, 0.5) is 0 Å². The molecular formula is C16H30N4O. The van der Waals surface area contributed by atoms with Crippen LogP contribution in [-0.4, -0.2) is 67.1 Å². The number of fused-ring (bicyclic) bond motifs is 1. The van der Waals surface area contributed by atoms with Crippen molar-refractivity contribution in [2.45, 2.75) is 56.7 Å². The summed E-state index contributed by atoms with van der Waals surface area (Å²) in [6.07, 6.45) is 6.73. The minimum absolute atomic E-state index is 0.191. The van der Waals surface area contributed by atoms with E-state index >= 15 is 0 Å². The number of carbonyl (C=O) groups is 1. The molecule has 3 rings (SSSR count). The van der Waals surface area contributed by atoms with Crippen molar-refractivity contribution in [3.05, 3.63) is 0 Å². The van der Waals surface area contributed by atoms with Crippen molar-refractivity contribution >= 4 is 5.91 Å². The first-order chi connectivity index (χ1) is 10.2. The van der Waals surface area contributed by atoms with Crippen LogP contribution < -0.4 is 11.1 Å². The fraction of sp³-hybridized carbons (Fsp3) is 0.938. The standard InChI is InChI=1S/C16H30N4O/c1-19-7-2-3-12-11-20(8-6-15(12)19)14(10-17)9-16(21)18-13-4-5-13/h12-15H,2-11,17H2,1H3,(H,18,21). The topological polar surface area (TPSA) is 61.6 Å². The van der Waals surface area contributed by atoms with Gasteiger partial charge in [0.2, 0.25) is 5.91 Å². The van der Waals surface area contributed by atoms with Crippen molar-refractivity contribution in [1.29, 1.82) is 0 Å². The Morgan fingerprint density at radius 3 is 2.81 bits per heavy atom. The molecule has 0 bridgehead atoms. The van der Waals surface area contributed by atoms with Gasteiger partial charge in [-0.15, -0.1) is 0 Å². The van der Waals surface area contributed by atoms with Crippen LogP contribution in [-0.2, 0) is 4.79 Å². The Morgan fingerprint density at radius 1 is 1.29 bits per heavy atom. The van der Waals surface area contributed by atoms with Crippen LogP contribution in [0.3, 0.4) is 0 Å². The van der Waals surface area contributed by atoms with Gasteiger partial charge in [-0.25, -0.2) is 0 Å². The van der Waals surface area contributed by atoms with Crippen molar-refractivity contribution in [2.24, 2.45) is 11.7 Å². The number of piperidine rings is 2. The average Bonchev–Trinajstić information content (AvgIpc) is 3.28. The van der Waals surface area contributed by atoms with Gasteiger partial charge in [-0.3, -0.25) is 9.69 Å². The molecule has 3 fully saturated rings. The number of amides is 1. The van der Waals surface area contributed by atoms with Gasteiger partial charge in [-0.05, 0) is 51.6 Å². The molecule has 0 aromatic heterocycles. The van der Waals surface area contributed by atoms with Crippen molar-refractivity contribution < 1.29 is 4.79 Å². The monoisotopic (exact) mass is 294 g/mol. The molecule has 21 heavy (non-hydrogen) atoms. The molecule has 3 aliphatic rings. The molecule has 3 N–H and O–H groups in total. The van der Waals surface area contributed by atoms with Gasteiger partial charge in [0, 0.05) is 44.2 Å². The first-order valence-electron chi connectivity index (χ1n) is 8.61. The highest BCUT2D eigenvalue weighted by atomic mass is 16.1. The lowest BCUT2D eigenvalue weighted by molar-refractivity contribution is -0.122. The van der Waals surface area contributed by atoms with Gasteiger partial charge in [-0.2, -0.15) is 0 Å². The van der Waals surface area contributed by atoms with Crippen LogP contribution in [0.15, 0.2) is 0 Å². The van der Waals surface area contributed by atoms with Crippen molar-refractivity contribution in [1.82, 2.24) is 15.1 Å². The summed E-state index contributed by atoms with van der Waals surface area (Å²) in [7, 11) is 2.26. The summed E-state index contributed by atoms with van der Waals surface area (Å²) in [5.74, 6) is 0.953. The second kappa shape index (κ2) is 6.63. The maximum atomic E-state index is 12.0. The average molecular weight is 294 g/mol. The van der Waals surface area contributed by atoms with Gasteiger partial charge in [0.05, 0.1) is 0 Å². The van der Waals surface area contributed by atoms with Crippen LogP contribution in [0.2, 0.25) is 0 Å². The van der Waals surface area contributed by atoms with E-state index in [0.29, 0.717) is 19.0 Å². The number of nitrogens with two attached hydrogens (primary N) is 1. The number of nitrogens with one attached hydrogen (secondary N) is 1. The summed E-state index contributed by atoms with van der Waals surface area (Å²) >= 11 is 0. The van der Waals surface area contributed by atoms with Gasteiger partial charge in [0.25, 0.3) is 0 Å². The van der Waals surface area contributed by atoms with E-state index in [2.05, 4.69) is 22.2 Å². The molecule has 2 heterocycles. The normalized spacial score (nSPS) is 32.5. The molecule has 0 spiro atoms. The van der Waals surface area contributed by atoms with Crippen LogP contribution >= 0.6 is 0 Å². The van der Waals surface area contributed by atoms with E-state index in [0.717, 1.165) is 37.9 Å². The Labute approximate surface area is 128 Å². The minimum Gasteiger partial charge on any atom is -0.353 e. The lowest BCUT2D eigenvalue weighted by Crippen LogP contribution is -2.56. The number of likely N-dealkylation sites (tertiary alicyclic amines) is 2. The SMILES string of the molecule is CN1CCCC2CN(C(CN)CC(=O)NC3CC3)CCC21. The van der Waals surface area contributed by atoms with E-state index in [1.807, 2.05) is 0 Å². The van der Waals surface area contributed by atoms with E-state index in [1.165, 1.54) is 25.8 Å². The quantitative estimate of drug-likeness (QED) is 0.770. The third-order valence-electron chi connectivity index (χ3n) is 5.53. The summed E-state index contributed by atoms with van der Waals surface area (Å²) < 4.78 is 0. The van der Waals surface area contributed by atoms with E-state index in [9.17, 15) is 4.79 Å². The van der Waals surface area contributed by atoms with Gasteiger partial charge >= 0.3 is 0 Å². The van der Waals surface area contributed by atoms with Crippen LogP contribution in [0.25, 0.3) is 0 Å². The highest BCUT2D eigenvalue weighted by Gasteiger charge is 2.36. The van der Waals surface area contributed by atoms with Gasteiger partial charge < -0.3 is 16.0 Å². The number of hydrogen-bond acceptors (Lipinski definition) is 4. The van der Waals surface area contributed by atoms with Crippen molar-refractivity contribution in [3.63, 3.8) is 0 Å². The molecule has 3 unspecified atom stereocenters. The van der Waals surface area contributed by atoms with E-state index in [4.69, 9.17) is 5.73 Å². The summed E-state index contributed by atoms with van der Waals surface area (Å²) in [6.45, 7) is 4.04. The molecule has 5 heteroatoms. The smallest absolute Gasteiger partial charge is 0.221 e. The third-order valence-corrected chi connectivity index (χ3v) is 5.53. The fourth-order valence-electron chi connectivity index (χ4n) is 4.10. The molecule has 120 valence electrons. The second-order valence-electron chi connectivity index (χ2n) is 7.17. The molecule has 1 saturated carbocycles. The first kappa shape index (κ1) is 15.3. The Morgan fingerprint density at radius 2 is 2.10 bits per heavy atom. The third kappa shape index (κ3) is 3.76. The molecule has 0 aromatic rings. The maximum Gasteiger partial charge on any atom is 0.221 e. The lowest BCUT2D eigenvalue weighted by Gasteiger charge is -2.47.